The molecule has 4 nitrogen and oxygen atoms in total. The molecule has 0 atom stereocenters. The van der Waals surface area contributed by atoms with Crippen molar-refractivity contribution >= 4 is 5.82 Å². The smallest absolute Gasteiger partial charge is 0.128 e. The summed E-state index contributed by atoms with van der Waals surface area (Å²) in [5.41, 5.74) is 1.21. The fourth-order valence-electron chi connectivity index (χ4n) is 1.41. The Morgan fingerprint density at radius 3 is 2.71 bits per heavy atom. The van der Waals surface area contributed by atoms with Crippen LogP contribution in [0.25, 0.3) is 0 Å². The minimum atomic E-state index is 0.499. The van der Waals surface area contributed by atoms with Gasteiger partial charge in [0.25, 0.3) is 0 Å². The van der Waals surface area contributed by atoms with Gasteiger partial charge in [-0.25, -0.2) is 4.98 Å². The Kier molecular flexibility index (Phi) is 5.94. The number of pyridine rings is 1. The molecule has 0 aliphatic rings. The van der Waals surface area contributed by atoms with E-state index in [0.717, 1.165) is 25.5 Å². The van der Waals surface area contributed by atoms with Crippen molar-refractivity contribution in [2.45, 2.75) is 26.4 Å². The summed E-state index contributed by atoms with van der Waals surface area (Å²) >= 11 is 0. The Morgan fingerprint density at radius 1 is 1.41 bits per heavy atom. The van der Waals surface area contributed by atoms with E-state index in [9.17, 15) is 0 Å². The van der Waals surface area contributed by atoms with E-state index in [0.29, 0.717) is 6.04 Å². The highest BCUT2D eigenvalue weighted by molar-refractivity contribution is 5.38. The SMILES string of the molecule is COCCN(C)c1ccc(CNC(C)C)cn1. The molecule has 0 fully saturated rings. The van der Waals surface area contributed by atoms with Gasteiger partial charge < -0.3 is 15.0 Å². The number of methoxy groups -OCH3 is 1. The first-order valence-electron chi connectivity index (χ1n) is 6.02. The molecule has 0 aliphatic heterocycles. The molecular weight excluding hydrogens is 214 g/mol. The van der Waals surface area contributed by atoms with E-state index in [4.69, 9.17) is 4.74 Å². The first-order valence-corrected chi connectivity index (χ1v) is 6.02. The average molecular weight is 237 g/mol. The number of hydrogen-bond acceptors (Lipinski definition) is 4. The Labute approximate surface area is 104 Å². The minimum absolute atomic E-state index is 0.499. The molecular formula is C13H23N3O. The van der Waals surface area contributed by atoms with Crippen molar-refractivity contribution in [3.63, 3.8) is 0 Å². The second-order valence-corrected chi connectivity index (χ2v) is 4.47. The highest BCUT2D eigenvalue weighted by Gasteiger charge is 2.02. The summed E-state index contributed by atoms with van der Waals surface area (Å²) in [6, 6.07) is 4.66. The molecule has 4 heteroatoms. The van der Waals surface area contributed by atoms with E-state index in [1.165, 1.54) is 5.56 Å². The maximum Gasteiger partial charge on any atom is 0.128 e. The Bertz CT molecular complexity index is 311. The molecule has 1 aromatic rings. The lowest BCUT2D eigenvalue weighted by Gasteiger charge is -2.17. The van der Waals surface area contributed by atoms with Crippen molar-refractivity contribution < 1.29 is 4.74 Å². The topological polar surface area (TPSA) is 37.4 Å². The maximum absolute atomic E-state index is 5.04. The van der Waals surface area contributed by atoms with Gasteiger partial charge in [0.05, 0.1) is 6.61 Å². The van der Waals surface area contributed by atoms with Crippen LogP contribution in [0.15, 0.2) is 18.3 Å². The van der Waals surface area contributed by atoms with Gasteiger partial charge in [-0.15, -0.1) is 0 Å². The van der Waals surface area contributed by atoms with Gasteiger partial charge >= 0.3 is 0 Å². The molecule has 0 amide bonds. The number of anilines is 1. The Morgan fingerprint density at radius 2 is 2.18 bits per heavy atom. The number of ether oxygens (including phenoxy) is 1. The molecule has 0 bridgehead atoms. The standard InChI is InChI=1S/C13H23N3O/c1-11(2)14-9-12-5-6-13(15-10-12)16(3)7-8-17-4/h5-6,10-11,14H,7-9H2,1-4H3. The van der Waals surface area contributed by atoms with Crippen molar-refractivity contribution in [2.24, 2.45) is 0 Å². The van der Waals surface area contributed by atoms with Crippen LogP contribution in [0.3, 0.4) is 0 Å². The van der Waals surface area contributed by atoms with Crippen molar-refractivity contribution in [1.29, 1.82) is 0 Å². The largest absolute Gasteiger partial charge is 0.383 e. The summed E-state index contributed by atoms with van der Waals surface area (Å²) < 4.78 is 5.04. The monoisotopic (exact) mass is 237 g/mol. The van der Waals surface area contributed by atoms with E-state index in [2.05, 4.69) is 35.1 Å². The Hall–Kier alpha value is -1.13. The summed E-state index contributed by atoms with van der Waals surface area (Å²) in [6.07, 6.45) is 1.92. The zero-order valence-electron chi connectivity index (χ0n) is 11.2. The third kappa shape index (κ3) is 5.15. The van der Waals surface area contributed by atoms with Crippen LogP contribution in [0.4, 0.5) is 5.82 Å². The van der Waals surface area contributed by atoms with Crippen LogP contribution in [0.1, 0.15) is 19.4 Å². The van der Waals surface area contributed by atoms with Crippen molar-refractivity contribution in [3.8, 4) is 0 Å². The van der Waals surface area contributed by atoms with Crippen molar-refractivity contribution in [1.82, 2.24) is 10.3 Å². The first kappa shape index (κ1) is 13.9. The lowest BCUT2D eigenvalue weighted by atomic mass is 10.2. The van der Waals surface area contributed by atoms with E-state index in [1.54, 1.807) is 7.11 Å². The highest BCUT2D eigenvalue weighted by atomic mass is 16.5. The van der Waals surface area contributed by atoms with Gasteiger partial charge in [-0.05, 0) is 11.6 Å². The van der Waals surface area contributed by atoms with E-state index < -0.39 is 0 Å². The normalized spacial score (nSPS) is 10.9. The van der Waals surface area contributed by atoms with Crippen LogP contribution in [0.5, 0.6) is 0 Å². The van der Waals surface area contributed by atoms with Gasteiger partial charge in [0.1, 0.15) is 5.82 Å². The third-order valence-electron chi connectivity index (χ3n) is 2.55. The number of aromatic nitrogens is 1. The predicted molar refractivity (Wildman–Crippen MR) is 71.4 cm³/mol. The molecule has 0 aliphatic carbocycles. The van der Waals surface area contributed by atoms with Crippen molar-refractivity contribution in [3.05, 3.63) is 23.9 Å². The summed E-state index contributed by atoms with van der Waals surface area (Å²) in [7, 11) is 3.73. The van der Waals surface area contributed by atoms with Crippen LogP contribution in [0.2, 0.25) is 0 Å². The second-order valence-electron chi connectivity index (χ2n) is 4.47. The van der Waals surface area contributed by atoms with Gasteiger partial charge in [-0.2, -0.15) is 0 Å². The highest BCUT2D eigenvalue weighted by Crippen LogP contribution is 2.09. The maximum atomic E-state index is 5.04. The summed E-state index contributed by atoms with van der Waals surface area (Å²) in [5, 5.41) is 3.37. The van der Waals surface area contributed by atoms with Gasteiger partial charge in [-0.1, -0.05) is 19.9 Å². The lowest BCUT2D eigenvalue weighted by Crippen LogP contribution is -2.24. The zero-order chi connectivity index (χ0) is 12.7. The van der Waals surface area contributed by atoms with Crippen LogP contribution in [-0.2, 0) is 11.3 Å². The summed E-state index contributed by atoms with van der Waals surface area (Å²) in [5.74, 6) is 0.982. The number of hydrogen-bond donors (Lipinski definition) is 1. The van der Waals surface area contributed by atoms with Gasteiger partial charge in [0.15, 0.2) is 0 Å². The Balaban J connectivity index is 2.49. The molecule has 1 N–H and O–H groups in total. The van der Waals surface area contributed by atoms with E-state index >= 15 is 0 Å². The quantitative estimate of drug-likeness (QED) is 0.782. The summed E-state index contributed by atoms with van der Waals surface area (Å²) in [6.45, 7) is 6.72. The molecule has 0 saturated carbocycles. The van der Waals surface area contributed by atoms with E-state index in [-0.39, 0.29) is 0 Å². The van der Waals surface area contributed by atoms with Crippen molar-refractivity contribution in [2.75, 3.05) is 32.2 Å². The summed E-state index contributed by atoms with van der Waals surface area (Å²) in [4.78, 5) is 6.53. The number of nitrogens with zero attached hydrogens (tertiary/aromatic N) is 2. The molecule has 0 spiro atoms. The third-order valence-corrected chi connectivity index (χ3v) is 2.55. The fraction of sp³-hybridized carbons (Fsp3) is 0.615. The molecule has 1 aromatic heterocycles. The first-order chi connectivity index (χ1) is 8.13. The molecule has 0 unspecified atom stereocenters. The van der Waals surface area contributed by atoms with E-state index in [1.807, 2.05) is 19.3 Å². The van der Waals surface area contributed by atoms with Crippen LogP contribution in [0, 0.1) is 0 Å². The van der Waals surface area contributed by atoms with Gasteiger partial charge in [0, 0.05) is 39.5 Å². The molecule has 1 heterocycles. The molecule has 96 valence electrons. The lowest BCUT2D eigenvalue weighted by molar-refractivity contribution is 0.206. The molecule has 1 rings (SSSR count). The predicted octanol–water partition coefficient (Wildman–Crippen LogP) is 1.66. The van der Waals surface area contributed by atoms with Crippen LogP contribution < -0.4 is 10.2 Å². The van der Waals surface area contributed by atoms with Crippen LogP contribution >= 0.6 is 0 Å². The average Bonchev–Trinajstić information content (AvgIpc) is 2.34. The number of rotatable bonds is 7. The second kappa shape index (κ2) is 7.25. The number of nitrogens with one attached hydrogen (secondary N) is 1. The fourth-order valence-corrected chi connectivity index (χ4v) is 1.41. The molecule has 0 aromatic carbocycles. The minimum Gasteiger partial charge on any atom is -0.383 e. The molecule has 17 heavy (non-hydrogen) atoms. The molecule has 0 radical (unpaired) electrons. The molecule has 0 saturated heterocycles. The van der Waals surface area contributed by atoms with Gasteiger partial charge in [-0.3, -0.25) is 0 Å². The zero-order valence-corrected chi connectivity index (χ0v) is 11.2. The van der Waals surface area contributed by atoms with Gasteiger partial charge in [0.2, 0.25) is 0 Å². The van der Waals surface area contributed by atoms with Crippen LogP contribution in [-0.4, -0.2) is 38.3 Å². The number of likely N-dealkylation sites (N-methyl/N-ethyl adjacent to an activating group) is 1.